The third kappa shape index (κ3) is 7.32. The van der Waals surface area contributed by atoms with E-state index in [1.807, 2.05) is 0 Å². The van der Waals surface area contributed by atoms with Gasteiger partial charge in [0.05, 0.1) is 18.0 Å². The molecule has 0 saturated carbocycles. The first-order valence-electron chi connectivity index (χ1n) is 14.8. The average Bonchev–Trinajstić information content (AvgIpc) is 3.80. The molecule has 2 aliphatic rings. The van der Waals surface area contributed by atoms with Gasteiger partial charge in [0.1, 0.15) is 23.0 Å². The van der Waals surface area contributed by atoms with Gasteiger partial charge in [-0.3, -0.25) is 10.1 Å². The number of carbonyl (C=O) groups excluding carboxylic acids is 1. The van der Waals surface area contributed by atoms with E-state index in [0.29, 0.717) is 77.9 Å². The average molecular weight is 701 g/mol. The van der Waals surface area contributed by atoms with Crippen molar-refractivity contribution in [1.82, 2.24) is 39.4 Å². The molecule has 3 N–H and O–H groups in total. The molecule has 2 fully saturated rings. The number of aromatic amines is 1. The number of piperidine rings is 1. The van der Waals surface area contributed by atoms with Crippen molar-refractivity contribution in [2.45, 2.75) is 25.3 Å². The fourth-order valence-electron chi connectivity index (χ4n) is 6.34. The summed E-state index contributed by atoms with van der Waals surface area (Å²) in [5.74, 6) is 0.603. The maximum absolute atomic E-state index is 13.9. The van der Waals surface area contributed by atoms with Gasteiger partial charge in [-0.1, -0.05) is 35.3 Å². The van der Waals surface area contributed by atoms with Crippen molar-refractivity contribution in [3.8, 4) is 16.9 Å². The number of hydrogen-bond acceptors (Lipinski definition) is 8. The smallest absolute Gasteiger partial charge is 0.409 e. The Bertz CT molecular complexity index is 1910. The Morgan fingerprint density at radius 2 is 1.83 bits per heavy atom. The van der Waals surface area contributed by atoms with Crippen molar-refractivity contribution >= 4 is 57.0 Å². The van der Waals surface area contributed by atoms with Crippen LogP contribution in [0.2, 0.25) is 10.2 Å². The number of carbonyl (C=O) groups is 2. The third-order valence-corrected chi connectivity index (χ3v) is 10.5. The number of halogens is 2. The lowest BCUT2D eigenvalue weighted by molar-refractivity contribution is -0.127. The van der Waals surface area contributed by atoms with E-state index in [9.17, 15) is 18.0 Å². The first kappa shape index (κ1) is 32.6. The van der Waals surface area contributed by atoms with Gasteiger partial charge in [-0.25, -0.2) is 22.5 Å². The molecule has 0 unspecified atom stereocenters. The maximum Gasteiger partial charge on any atom is 0.409 e. The van der Waals surface area contributed by atoms with E-state index < -0.39 is 22.2 Å². The largest absolute Gasteiger partial charge is 0.465 e. The number of H-pyrrole nitrogens is 1. The van der Waals surface area contributed by atoms with Gasteiger partial charge in [0.25, 0.3) is 0 Å². The first-order chi connectivity index (χ1) is 22.5. The number of nitrogens with zero attached hydrogens (tertiary/aromatic N) is 7. The summed E-state index contributed by atoms with van der Waals surface area (Å²) in [6.07, 6.45) is 6.67. The van der Waals surface area contributed by atoms with Crippen LogP contribution in [-0.2, 0) is 14.8 Å². The molecule has 47 heavy (non-hydrogen) atoms. The minimum Gasteiger partial charge on any atom is -0.465 e. The molecule has 2 aromatic carbocycles. The van der Waals surface area contributed by atoms with Crippen LogP contribution in [0, 0.1) is 11.8 Å². The van der Waals surface area contributed by atoms with Crippen LogP contribution in [0.1, 0.15) is 36.7 Å². The number of sulfonamides is 1. The SMILES string of the molecule is CS(=O)(=O)N1CCC([C@H]2C[C@@H](c3nc(-c4ccc(NC(=O)O)cc4)c(Cl)[nH]3)N(C(=O)C=Cc3cc(Cl)ccc3-n3cnnn3)C2)CC1. The molecule has 0 bridgehead atoms. The molecule has 4 aromatic rings. The molecule has 2 amide bonds. The second-order valence-corrected chi connectivity index (χ2v) is 14.4. The molecule has 0 spiro atoms. The van der Waals surface area contributed by atoms with E-state index in [2.05, 4.69) is 25.8 Å². The lowest BCUT2D eigenvalue weighted by Gasteiger charge is -2.33. The topological polar surface area (TPSA) is 179 Å². The lowest BCUT2D eigenvalue weighted by Crippen LogP contribution is -2.40. The molecular formula is C30H31Cl2N9O5S. The molecular weight excluding hydrogens is 669 g/mol. The molecule has 2 aliphatic heterocycles. The molecule has 4 heterocycles. The molecule has 2 aromatic heterocycles. The summed E-state index contributed by atoms with van der Waals surface area (Å²) in [7, 11) is -3.27. The minimum absolute atomic E-state index is 0.107. The van der Waals surface area contributed by atoms with Crippen molar-refractivity contribution in [3.63, 3.8) is 0 Å². The molecule has 0 aliphatic carbocycles. The lowest BCUT2D eigenvalue weighted by atomic mass is 9.83. The van der Waals surface area contributed by atoms with Crippen LogP contribution in [0.15, 0.2) is 54.9 Å². The third-order valence-electron chi connectivity index (χ3n) is 8.64. The van der Waals surface area contributed by atoms with Gasteiger partial charge < -0.3 is 15.0 Å². The van der Waals surface area contributed by atoms with Gasteiger partial charge in [-0.2, -0.15) is 4.68 Å². The van der Waals surface area contributed by atoms with E-state index >= 15 is 0 Å². The standard InChI is InChI=1S/C30H31Cl2N9O5S/c1-47(45,46)39-12-10-18(11-13-39)21-15-25(29-35-27(28(32)36-29)19-2-6-23(7-3-19)34-30(43)44)40(16-21)26(42)9-4-20-14-22(31)5-8-24(20)41-17-33-37-38-41/h2-9,14,17-18,21,25,34H,10-13,15-16H2,1H3,(H,35,36)(H,43,44)/t21-,25-/m0/s1. The minimum atomic E-state index is -3.27. The highest BCUT2D eigenvalue weighted by atomic mass is 35.5. The van der Waals surface area contributed by atoms with Gasteiger partial charge >= 0.3 is 6.09 Å². The highest BCUT2D eigenvalue weighted by molar-refractivity contribution is 7.88. The monoisotopic (exact) mass is 699 g/mol. The Morgan fingerprint density at radius 1 is 1.09 bits per heavy atom. The Kier molecular flexibility index (Phi) is 9.32. The Balaban J connectivity index is 1.28. The first-order valence-corrected chi connectivity index (χ1v) is 17.4. The summed E-state index contributed by atoms with van der Waals surface area (Å²) < 4.78 is 27.2. The highest BCUT2D eigenvalue weighted by Gasteiger charge is 2.42. The Morgan fingerprint density at radius 3 is 2.49 bits per heavy atom. The molecule has 246 valence electrons. The van der Waals surface area contributed by atoms with Crippen LogP contribution in [0.4, 0.5) is 10.5 Å². The summed E-state index contributed by atoms with van der Waals surface area (Å²) in [6, 6.07) is 11.4. The van der Waals surface area contributed by atoms with E-state index in [-0.39, 0.29) is 22.9 Å². The van der Waals surface area contributed by atoms with E-state index in [1.54, 1.807) is 53.4 Å². The Hall–Kier alpha value is -4.31. The normalized spacial score (nSPS) is 19.4. The number of anilines is 1. The number of nitrogens with one attached hydrogen (secondary N) is 2. The van der Waals surface area contributed by atoms with Crippen LogP contribution in [0.25, 0.3) is 23.0 Å². The zero-order chi connectivity index (χ0) is 33.3. The number of carboxylic acid groups (broad SMARTS) is 1. The number of rotatable bonds is 8. The van der Waals surface area contributed by atoms with E-state index in [4.69, 9.17) is 33.3 Å². The van der Waals surface area contributed by atoms with Crippen molar-refractivity contribution < 1.29 is 23.1 Å². The van der Waals surface area contributed by atoms with Crippen LogP contribution >= 0.6 is 23.2 Å². The summed E-state index contributed by atoms with van der Waals surface area (Å²) in [5, 5.41) is 23.4. The van der Waals surface area contributed by atoms with Crippen molar-refractivity contribution in [2.75, 3.05) is 31.2 Å². The fraction of sp³-hybridized carbons (Fsp3) is 0.333. The molecule has 2 atom stereocenters. The van der Waals surface area contributed by atoms with E-state index in [1.165, 1.54) is 27.6 Å². The Labute approximate surface area is 280 Å². The molecule has 6 rings (SSSR count). The van der Waals surface area contributed by atoms with Crippen LogP contribution in [-0.4, -0.2) is 90.8 Å². The van der Waals surface area contributed by atoms with Gasteiger partial charge in [-0.15, -0.1) is 5.10 Å². The number of tetrazole rings is 1. The van der Waals surface area contributed by atoms with Crippen molar-refractivity contribution in [2.24, 2.45) is 11.8 Å². The maximum atomic E-state index is 13.9. The summed E-state index contributed by atoms with van der Waals surface area (Å²) in [6.45, 7) is 1.34. The molecule has 14 nitrogen and oxygen atoms in total. The molecule has 2 saturated heterocycles. The van der Waals surface area contributed by atoms with Crippen molar-refractivity contribution in [3.05, 3.63) is 76.4 Å². The van der Waals surface area contributed by atoms with Gasteiger partial charge in [0, 0.05) is 47.5 Å². The number of amides is 2. The number of benzene rings is 2. The van der Waals surface area contributed by atoms with Crippen LogP contribution < -0.4 is 5.32 Å². The highest BCUT2D eigenvalue weighted by Crippen LogP contribution is 2.42. The summed E-state index contributed by atoms with van der Waals surface area (Å²) in [5.41, 5.74) is 2.83. The zero-order valence-corrected chi connectivity index (χ0v) is 27.5. The quantitative estimate of drug-likeness (QED) is 0.219. The zero-order valence-electron chi connectivity index (χ0n) is 25.1. The molecule has 17 heteroatoms. The summed E-state index contributed by atoms with van der Waals surface area (Å²) in [4.78, 5) is 34.7. The van der Waals surface area contributed by atoms with Crippen LogP contribution in [0.5, 0.6) is 0 Å². The fourth-order valence-corrected chi connectivity index (χ4v) is 7.64. The number of likely N-dealkylation sites (tertiary alicyclic amines) is 1. The van der Waals surface area contributed by atoms with Crippen molar-refractivity contribution in [1.29, 1.82) is 0 Å². The predicted molar refractivity (Wildman–Crippen MR) is 176 cm³/mol. The van der Waals surface area contributed by atoms with Gasteiger partial charge in [0.2, 0.25) is 15.9 Å². The predicted octanol–water partition coefficient (Wildman–Crippen LogP) is 4.72. The van der Waals surface area contributed by atoms with Gasteiger partial charge in [-0.05, 0) is 77.9 Å². The number of imidazole rings is 1. The summed E-state index contributed by atoms with van der Waals surface area (Å²) >= 11 is 12.9. The van der Waals surface area contributed by atoms with Gasteiger partial charge in [0.15, 0.2) is 0 Å². The number of aromatic nitrogens is 6. The second kappa shape index (κ2) is 13.4. The number of hydrogen-bond donors (Lipinski definition) is 3. The van der Waals surface area contributed by atoms with E-state index in [0.717, 1.165) is 0 Å². The second-order valence-electron chi connectivity index (χ2n) is 11.6. The van der Waals surface area contributed by atoms with Crippen LogP contribution in [0.3, 0.4) is 0 Å². The molecule has 0 radical (unpaired) electrons.